The van der Waals surface area contributed by atoms with Gasteiger partial charge in [0.05, 0.1) is 0 Å². The molecule has 2 aromatic rings. The first-order valence-corrected chi connectivity index (χ1v) is 6.47. The zero-order valence-electron chi connectivity index (χ0n) is 11.4. The van der Waals surface area contributed by atoms with Crippen molar-refractivity contribution in [2.24, 2.45) is 7.05 Å². The van der Waals surface area contributed by atoms with Crippen molar-refractivity contribution in [2.45, 2.75) is 12.8 Å². The number of aryl methyl sites for hydroxylation is 1. The monoisotopic (exact) mass is 276 g/mol. The van der Waals surface area contributed by atoms with Crippen molar-refractivity contribution in [3.63, 3.8) is 0 Å². The van der Waals surface area contributed by atoms with Crippen LogP contribution in [0.4, 0.5) is 11.9 Å². The summed E-state index contributed by atoms with van der Waals surface area (Å²) in [6, 6.07) is 0.408. The van der Waals surface area contributed by atoms with E-state index in [0.29, 0.717) is 11.9 Å². The summed E-state index contributed by atoms with van der Waals surface area (Å²) in [7, 11) is 3.52. The van der Waals surface area contributed by atoms with Gasteiger partial charge in [-0.1, -0.05) is 0 Å². The third-order valence-corrected chi connectivity index (χ3v) is 2.98. The third kappa shape index (κ3) is 2.60. The SMILES string of the molecule is CNc1nc(Oc2ncn(C)n2)nc(N2CCCC2)n1. The second-order valence-electron chi connectivity index (χ2n) is 4.49. The largest absolute Gasteiger partial charge is 0.387 e. The molecule has 1 aliphatic heterocycles. The van der Waals surface area contributed by atoms with E-state index in [1.54, 1.807) is 25.1 Å². The molecule has 9 heteroatoms. The van der Waals surface area contributed by atoms with Crippen LogP contribution in [0.15, 0.2) is 6.33 Å². The summed E-state index contributed by atoms with van der Waals surface area (Å²) in [6.07, 6.45) is 3.86. The van der Waals surface area contributed by atoms with Crippen molar-refractivity contribution in [1.82, 2.24) is 29.7 Å². The molecule has 0 atom stereocenters. The van der Waals surface area contributed by atoms with E-state index in [0.717, 1.165) is 25.9 Å². The van der Waals surface area contributed by atoms with E-state index in [4.69, 9.17) is 4.74 Å². The lowest BCUT2D eigenvalue weighted by molar-refractivity contribution is 0.404. The fourth-order valence-electron chi connectivity index (χ4n) is 2.01. The van der Waals surface area contributed by atoms with Crippen LogP contribution < -0.4 is 15.0 Å². The summed E-state index contributed by atoms with van der Waals surface area (Å²) in [5.74, 6) is 1.08. The van der Waals surface area contributed by atoms with Crippen LogP contribution in [0.2, 0.25) is 0 Å². The molecule has 0 bridgehead atoms. The van der Waals surface area contributed by atoms with Crippen LogP contribution in [0.3, 0.4) is 0 Å². The molecule has 0 amide bonds. The molecule has 9 nitrogen and oxygen atoms in total. The molecule has 106 valence electrons. The Bertz CT molecular complexity index is 592. The number of nitrogens with one attached hydrogen (secondary N) is 1. The highest BCUT2D eigenvalue weighted by molar-refractivity contribution is 5.39. The van der Waals surface area contributed by atoms with E-state index in [2.05, 4.69) is 35.3 Å². The van der Waals surface area contributed by atoms with Gasteiger partial charge in [0, 0.05) is 27.2 Å². The number of aromatic nitrogens is 6. The van der Waals surface area contributed by atoms with Crippen LogP contribution in [0, 0.1) is 0 Å². The minimum atomic E-state index is 0.192. The van der Waals surface area contributed by atoms with Gasteiger partial charge in [0.1, 0.15) is 6.33 Å². The first-order valence-electron chi connectivity index (χ1n) is 6.47. The predicted octanol–water partition coefficient (Wildman–Crippen LogP) is 0.434. The van der Waals surface area contributed by atoms with E-state index in [-0.39, 0.29) is 12.0 Å². The zero-order chi connectivity index (χ0) is 13.9. The molecular weight excluding hydrogens is 260 g/mol. The fraction of sp³-hybridized carbons (Fsp3) is 0.545. The molecule has 1 aliphatic rings. The Kier molecular flexibility index (Phi) is 3.32. The molecule has 1 fully saturated rings. The van der Waals surface area contributed by atoms with Gasteiger partial charge in [-0.3, -0.25) is 4.68 Å². The van der Waals surface area contributed by atoms with Gasteiger partial charge in [0.25, 0.3) is 0 Å². The highest BCUT2D eigenvalue weighted by Gasteiger charge is 2.18. The first-order chi connectivity index (χ1) is 9.74. The molecule has 3 rings (SSSR count). The Balaban J connectivity index is 1.87. The van der Waals surface area contributed by atoms with E-state index in [1.807, 2.05) is 0 Å². The molecule has 0 saturated carbocycles. The second kappa shape index (κ2) is 5.27. The Morgan fingerprint density at radius 2 is 1.95 bits per heavy atom. The highest BCUT2D eigenvalue weighted by Crippen LogP contribution is 2.21. The van der Waals surface area contributed by atoms with E-state index < -0.39 is 0 Å². The molecule has 20 heavy (non-hydrogen) atoms. The molecule has 1 N–H and O–H groups in total. The summed E-state index contributed by atoms with van der Waals surface area (Å²) in [4.78, 5) is 18.9. The molecule has 0 aliphatic carbocycles. The maximum Gasteiger partial charge on any atom is 0.343 e. The van der Waals surface area contributed by atoms with E-state index in [1.165, 1.54) is 0 Å². The topological polar surface area (TPSA) is 93.9 Å². The fourth-order valence-corrected chi connectivity index (χ4v) is 2.01. The molecule has 1 saturated heterocycles. The van der Waals surface area contributed by atoms with Crippen LogP contribution in [0.5, 0.6) is 12.0 Å². The van der Waals surface area contributed by atoms with Gasteiger partial charge in [0.2, 0.25) is 11.9 Å². The predicted molar refractivity (Wildman–Crippen MR) is 71.9 cm³/mol. The van der Waals surface area contributed by atoms with Gasteiger partial charge in [-0.25, -0.2) is 0 Å². The van der Waals surface area contributed by atoms with Crippen molar-refractivity contribution in [2.75, 3.05) is 30.4 Å². The van der Waals surface area contributed by atoms with Crippen molar-refractivity contribution in [1.29, 1.82) is 0 Å². The van der Waals surface area contributed by atoms with Crippen molar-refractivity contribution in [3.05, 3.63) is 6.33 Å². The Morgan fingerprint density at radius 1 is 1.15 bits per heavy atom. The molecule has 0 unspecified atom stereocenters. The quantitative estimate of drug-likeness (QED) is 0.859. The van der Waals surface area contributed by atoms with Crippen molar-refractivity contribution in [3.8, 4) is 12.0 Å². The van der Waals surface area contributed by atoms with Crippen molar-refractivity contribution < 1.29 is 4.74 Å². The van der Waals surface area contributed by atoms with Crippen LogP contribution >= 0.6 is 0 Å². The average molecular weight is 276 g/mol. The lowest BCUT2D eigenvalue weighted by Gasteiger charge is -2.15. The van der Waals surface area contributed by atoms with Gasteiger partial charge in [-0.05, 0) is 12.8 Å². The van der Waals surface area contributed by atoms with Crippen molar-refractivity contribution >= 4 is 11.9 Å². The average Bonchev–Trinajstić information content (AvgIpc) is 3.10. The lowest BCUT2D eigenvalue weighted by Crippen LogP contribution is -2.21. The molecule has 0 aromatic carbocycles. The number of nitrogens with zero attached hydrogens (tertiary/aromatic N) is 7. The Morgan fingerprint density at radius 3 is 2.60 bits per heavy atom. The summed E-state index contributed by atoms with van der Waals surface area (Å²) in [5, 5.41) is 6.94. The van der Waals surface area contributed by atoms with Gasteiger partial charge in [-0.2, -0.15) is 19.9 Å². The van der Waals surface area contributed by atoms with Crippen LogP contribution in [0.25, 0.3) is 0 Å². The van der Waals surface area contributed by atoms with Gasteiger partial charge >= 0.3 is 12.0 Å². The molecule has 2 aromatic heterocycles. The number of anilines is 2. The van der Waals surface area contributed by atoms with Crippen LogP contribution in [-0.2, 0) is 7.05 Å². The Hall–Kier alpha value is -2.45. The molecular formula is C11H16N8O. The summed E-state index contributed by atoms with van der Waals surface area (Å²) in [5.41, 5.74) is 0. The Labute approximate surface area is 116 Å². The standard InChI is InChI=1S/C11H16N8O/c1-12-8-14-9(19-5-3-4-6-19)16-11(15-8)20-10-13-7-18(2)17-10/h7H,3-6H2,1-2H3,(H,12,14,15,16). The van der Waals surface area contributed by atoms with Crippen LogP contribution in [0.1, 0.15) is 12.8 Å². The third-order valence-electron chi connectivity index (χ3n) is 2.98. The highest BCUT2D eigenvalue weighted by atomic mass is 16.5. The number of rotatable bonds is 4. The lowest BCUT2D eigenvalue weighted by atomic mass is 10.4. The summed E-state index contributed by atoms with van der Waals surface area (Å²) in [6.45, 7) is 1.91. The van der Waals surface area contributed by atoms with Gasteiger partial charge in [0.15, 0.2) is 0 Å². The normalized spacial score (nSPS) is 14.6. The zero-order valence-corrected chi connectivity index (χ0v) is 11.4. The second-order valence-corrected chi connectivity index (χ2v) is 4.49. The van der Waals surface area contributed by atoms with Gasteiger partial charge in [-0.15, -0.1) is 5.10 Å². The van der Waals surface area contributed by atoms with Gasteiger partial charge < -0.3 is 15.0 Å². The number of hydrogen-bond donors (Lipinski definition) is 1. The number of hydrogen-bond acceptors (Lipinski definition) is 8. The number of ether oxygens (including phenoxy) is 1. The first kappa shape index (κ1) is 12.6. The summed E-state index contributed by atoms with van der Waals surface area (Å²) >= 11 is 0. The minimum Gasteiger partial charge on any atom is -0.387 e. The van der Waals surface area contributed by atoms with Crippen LogP contribution in [-0.4, -0.2) is 49.9 Å². The van der Waals surface area contributed by atoms with E-state index in [9.17, 15) is 0 Å². The van der Waals surface area contributed by atoms with E-state index >= 15 is 0 Å². The molecule has 0 radical (unpaired) electrons. The molecule has 3 heterocycles. The maximum atomic E-state index is 5.47. The minimum absolute atomic E-state index is 0.192. The molecule has 0 spiro atoms. The maximum absolute atomic E-state index is 5.47. The summed E-state index contributed by atoms with van der Waals surface area (Å²) < 4.78 is 7.02. The smallest absolute Gasteiger partial charge is 0.343 e.